The quantitative estimate of drug-likeness (QED) is 0.186. The second-order valence-electron chi connectivity index (χ2n) is 14.2. The molecule has 0 aliphatic heterocycles. The molecule has 0 unspecified atom stereocenters. The van der Waals surface area contributed by atoms with Gasteiger partial charge in [-0.15, -0.1) is 0 Å². The first-order valence-corrected chi connectivity index (χ1v) is 16.6. The average molecular weight is 592 g/mol. The summed E-state index contributed by atoms with van der Waals surface area (Å²) in [7, 11) is 0. The van der Waals surface area contributed by atoms with Crippen molar-refractivity contribution in [2.75, 3.05) is 6.61 Å². The lowest BCUT2D eigenvalue weighted by Crippen LogP contribution is -2.41. The van der Waals surface area contributed by atoms with Crippen LogP contribution in [0.1, 0.15) is 112 Å². The number of rotatable bonds is 11. The SMILES string of the molecule is CC1=C(/C=C/C(C)=C/C=C/C(C)=C/c2cc(/C=C/C=C(C)/C=C/C3=C(C)CCCC3(C)C)cc[n+]2CC[O-])C(C)(C)CCC1. The molecular weight excluding hydrogens is 534 g/mol. The molecule has 1 aromatic rings. The molecule has 2 heteroatoms. The van der Waals surface area contributed by atoms with Crippen molar-refractivity contribution < 1.29 is 9.67 Å². The summed E-state index contributed by atoms with van der Waals surface area (Å²) in [6.45, 7) is 20.8. The zero-order valence-electron chi connectivity index (χ0n) is 29.1. The minimum absolute atomic E-state index is 0.141. The maximum atomic E-state index is 11.5. The monoisotopic (exact) mass is 591 g/mol. The van der Waals surface area contributed by atoms with Crippen molar-refractivity contribution >= 4 is 12.2 Å². The van der Waals surface area contributed by atoms with E-state index < -0.39 is 0 Å². The Bertz CT molecular complexity index is 1440. The van der Waals surface area contributed by atoms with E-state index in [9.17, 15) is 5.11 Å². The molecule has 0 N–H and O–H groups in total. The Labute approximate surface area is 269 Å². The first kappa shape index (κ1) is 35.3. The van der Waals surface area contributed by atoms with Crippen LogP contribution in [0.2, 0.25) is 0 Å². The van der Waals surface area contributed by atoms with Crippen LogP contribution in [0.25, 0.3) is 12.2 Å². The fraction of sp³-hybridized carbons (Fsp3) is 0.452. The normalized spacial score (nSPS) is 20.4. The third-order valence-corrected chi connectivity index (χ3v) is 9.28. The minimum atomic E-state index is -0.141. The van der Waals surface area contributed by atoms with Crippen LogP contribution in [0.5, 0.6) is 0 Å². The third kappa shape index (κ3) is 10.4. The van der Waals surface area contributed by atoms with Gasteiger partial charge in [0.05, 0.1) is 0 Å². The molecule has 1 heterocycles. The summed E-state index contributed by atoms with van der Waals surface area (Å²) in [5, 5.41) is 11.5. The zero-order chi connectivity index (χ0) is 32.3. The molecular formula is C42H57NO. The van der Waals surface area contributed by atoms with E-state index in [-0.39, 0.29) is 17.4 Å². The van der Waals surface area contributed by atoms with Gasteiger partial charge in [-0.3, -0.25) is 0 Å². The van der Waals surface area contributed by atoms with E-state index in [1.807, 2.05) is 10.8 Å². The van der Waals surface area contributed by atoms with E-state index in [1.54, 1.807) is 0 Å². The van der Waals surface area contributed by atoms with Crippen molar-refractivity contribution in [2.45, 2.75) is 107 Å². The van der Waals surface area contributed by atoms with Gasteiger partial charge in [0.1, 0.15) is 6.54 Å². The number of hydrogen-bond acceptors (Lipinski definition) is 1. The Hall–Kier alpha value is -3.23. The van der Waals surface area contributed by atoms with E-state index >= 15 is 0 Å². The Morgan fingerprint density at radius 3 is 1.84 bits per heavy atom. The van der Waals surface area contributed by atoms with Gasteiger partial charge in [-0.2, -0.15) is 0 Å². The summed E-state index contributed by atoms with van der Waals surface area (Å²) >= 11 is 0. The van der Waals surface area contributed by atoms with Crippen LogP contribution in [0.3, 0.4) is 0 Å². The van der Waals surface area contributed by atoms with Crippen LogP contribution in [-0.2, 0) is 6.54 Å². The summed E-state index contributed by atoms with van der Waals surface area (Å²) < 4.78 is 2.04. The van der Waals surface area contributed by atoms with Crippen molar-refractivity contribution in [3.05, 3.63) is 123 Å². The molecule has 0 amide bonds. The Morgan fingerprint density at radius 1 is 0.773 bits per heavy atom. The Balaban J connectivity index is 1.72. The molecule has 0 spiro atoms. The van der Waals surface area contributed by atoms with Crippen LogP contribution in [0.4, 0.5) is 0 Å². The smallest absolute Gasteiger partial charge is 0.205 e. The standard InChI is InChI=1S/C42H57NO/c1-32(20-22-39-35(4)17-12-25-41(39,6)7)14-10-16-34(3)30-38-31-37(24-27-43(38)28-29-44)19-11-15-33(2)21-23-40-36(5)18-13-26-42(40,8)9/h10-11,14-16,19-24,27,30-31H,12-13,17-18,25-26,28-29H2,1-9H3/b16-10+,19-11+,22-20+,23-21+,32-14+,33-15+,34-30+. The fourth-order valence-corrected chi connectivity index (χ4v) is 6.60. The van der Waals surface area contributed by atoms with Crippen LogP contribution in [-0.4, -0.2) is 6.61 Å². The van der Waals surface area contributed by atoms with E-state index in [4.69, 9.17) is 0 Å². The Kier molecular flexibility index (Phi) is 13.0. The van der Waals surface area contributed by atoms with Crippen molar-refractivity contribution in [3.63, 3.8) is 0 Å². The number of hydrogen-bond donors (Lipinski definition) is 0. The molecule has 1 aromatic heterocycles. The number of nitrogens with zero attached hydrogens (tertiary/aromatic N) is 1. The molecule has 2 aliphatic rings. The molecule has 0 radical (unpaired) electrons. The van der Waals surface area contributed by atoms with Gasteiger partial charge in [0.15, 0.2) is 6.20 Å². The van der Waals surface area contributed by atoms with Crippen molar-refractivity contribution in [1.82, 2.24) is 0 Å². The predicted octanol–water partition coefficient (Wildman–Crippen LogP) is 10.4. The maximum Gasteiger partial charge on any atom is 0.205 e. The second kappa shape index (κ2) is 16.2. The molecule has 0 bridgehead atoms. The van der Waals surface area contributed by atoms with Crippen LogP contribution >= 0.6 is 0 Å². The molecule has 0 atom stereocenters. The third-order valence-electron chi connectivity index (χ3n) is 9.28. The van der Waals surface area contributed by atoms with Crippen molar-refractivity contribution in [2.24, 2.45) is 10.8 Å². The lowest BCUT2D eigenvalue weighted by molar-refractivity contribution is -0.713. The minimum Gasteiger partial charge on any atom is -0.850 e. The molecule has 0 saturated carbocycles. The van der Waals surface area contributed by atoms with E-state index in [2.05, 4.69) is 141 Å². The van der Waals surface area contributed by atoms with Gasteiger partial charge in [0.2, 0.25) is 5.69 Å². The largest absolute Gasteiger partial charge is 0.850 e. The number of allylic oxidation sites excluding steroid dienone is 16. The first-order chi connectivity index (χ1) is 20.8. The highest BCUT2D eigenvalue weighted by Crippen LogP contribution is 2.41. The lowest BCUT2D eigenvalue weighted by atomic mass is 9.72. The first-order valence-electron chi connectivity index (χ1n) is 16.6. The molecule has 236 valence electrons. The van der Waals surface area contributed by atoms with Gasteiger partial charge in [0, 0.05) is 18.2 Å². The van der Waals surface area contributed by atoms with Crippen molar-refractivity contribution in [1.29, 1.82) is 0 Å². The van der Waals surface area contributed by atoms with Crippen LogP contribution < -0.4 is 9.67 Å². The number of aromatic nitrogens is 1. The molecule has 0 aromatic carbocycles. The highest BCUT2D eigenvalue weighted by molar-refractivity contribution is 5.57. The van der Waals surface area contributed by atoms with E-state index in [0.717, 1.165) is 16.8 Å². The molecule has 2 aliphatic carbocycles. The molecule has 44 heavy (non-hydrogen) atoms. The highest BCUT2D eigenvalue weighted by atomic mass is 16.3. The summed E-state index contributed by atoms with van der Waals surface area (Å²) in [6, 6.07) is 4.24. The van der Waals surface area contributed by atoms with Crippen LogP contribution in [0.15, 0.2) is 112 Å². The second-order valence-corrected chi connectivity index (χ2v) is 14.2. The van der Waals surface area contributed by atoms with Gasteiger partial charge >= 0.3 is 0 Å². The van der Waals surface area contributed by atoms with Gasteiger partial charge in [-0.1, -0.05) is 117 Å². The maximum absolute atomic E-state index is 11.5. The van der Waals surface area contributed by atoms with Gasteiger partial charge in [-0.05, 0) is 106 Å². The zero-order valence-corrected chi connectivity index (χ0v) is 29.1. The van der Waals surface area contributed by atoms with E-state index in [1.165, 1.54) is 72.0 Å². The number of pyridine rings is 1. The highest BCUT2D eigenvalue weighted by Gasteiger charge is 2.27. The average Bonchev–Trinajstić information content (AvgIpc) is 2.93. The molecule has 0 fully saturated rings. The van der Waals surface area contributed by atoms with Crippen molar-refractivity contribution in [3.8, 4) is 0 Å². The topological polar surface area (TPSA) is 26.9 Å². The summed E-state index contributed by atoms with van der Waals surface area (Å²) in [5.41, 5.74) is 12.3. The fourth-order valence-electron chi connectivity index (χ4n) is 6.60. The van der Waals surface area contributed by atoms with Gasteiger partial charge in [0.25, 0.3) is 0 Å². The predicted molar refractivity (Wildman–Crippen MR) is 190 cm³/mol. The lowest BCUT2D eigenvalue weighted by Gasteiger charge is -2.33. The molecule has 0 saturated heterocycles. The summed E-state index contributed by atoms with van der Waals surface area (Å²) in [4.78, 5) is 0. The van der Waals surface area contributed by atoms with Crippen LogP contribution in [0, 0.1) is 10.8 Å². The summed E-state index contributed by atoms with van der Waals surface area (Å²) in [6.07, 6.45) is 33.7. The Morgan fingerprint density at radius 2 is 1.32 bits per heavy atom. The van der Waals surface area contributed by atoms with E-state index in [0.29, 0.717) is 6.54 Å². The summed E-state index contributed by atoms with van der Waals surface area (Å²) in [5.74, 6) is 0. The molecule has 3 rings (SSSR count). The van der Waals surface area contributed by atoms with Gasteiger partial charge in [-0.25, -0.2) is 4.57 Å². The van der Waals surface area contributed by atoms with Gasteiger partial charge < -0.3 is 5.11 Å². The molecule has 2 nitrogen and oxygen atoms in total.